The van der Waals surface area contributed by atoms with Gasteiger partial charge >= 0.3 is 0 Å². The summed E-state index contributed by atoms with van der Waals surface area (Å²) in [5, 5.41) is 6.27. The third-order valence-corrected chi connectivity index (χ3v) is 5.86. The molecule has 7 nitrogen and oxygen atoms in total. The highest BCUT2D eigenvalue weighted by Crippen LogP contribution is 2.33. The second-order valence-electron chi connectivity index (χ2n) is 7.59. The predicted octanol–water partition coefficient (Wildman–Crippen LogP) is 3.55. The van der Waals surface area contributed by atoms with Gasteiger partial charge in [-0.3, -0.25) is 10.1 Å². The molecule has 2 heterocycles. The van der Waals surface area contributed by atoms with Gasteiger partial charge in [0, 0.05) is 37.3 Å². The van der Waals surface area contributed by atoms with Crippen molar-refractivity contribution >= 4 is 45.6 Å². The van der Waals surface area contributed by atoms with Gasteiger partial charge in [0.15, 0.2) is 0 Å². The molecule has 1 aliphatic heterocycles. The fourth-order valence-electron chi connectivity index (χ4n) is 3.85. The van der Waals surface area contributed by atoms with Crippen molar-refractivity contribution in [2.24, 2.45) is 0 Å². The third kappa shape index (κ3) is 4.66. The summed E-state index contributed by atoms with van der Waals surface area (Å²) in [5.41, 5.74) is 2.30. The molecule has 0 unspecified atom stereocenters. The van der Waals surface area contributed by atoms with Crippen molar-refractivity contribution in [3.05, 3.63) is 60.2 Å². The van der Waals surface area contributed by atoms with Gasteiger partial charge in [0.1, 0.15) is 23.6 Å². The number of anilines is 1. The Bertz CT molecular complexity index is 1160. The van der Waals surface area contributed by atoms with Crippen LogP contribution in [0.4, 0.5) is 21.6 Å². The highest BCUT2D eigenvalue weighted by atomic mass is 35.5. The number of benzene rings is 2. The van der Waals surface area contributed by atoms with Crippen LogP contribution in [0.5, 0.6) is 5.75 Å². The monoisotopic (exact) mass is 456 g/mol. The number of aromatic nitrogens is 2. The number of halogens is 2. The molecule has 0 radical (unpaired) electrons. The van der Waals surface area contributed by atoms with Crippen molar-refractivity contribution in [2.45, 2.75) is 18.9 Å². The zero-order chi connectivity index (χ0) is 22.7. The summed E-state index contributed by atoms with van der Waals surface area (Å²) >= 11 is 5.93. The van der Waals surface area contributed by atoms with Crippen LogP contribution < -0.4 is 15.4 Å². The van der Waals surface area contributed by atoms with Crippen molar-refractivity contribution in [1.82, 2.24) is 14.9 Å². The average Bonchev–Trinajstić information content (AvgIpc) is 2.81. The van der Waals surface area contributed by atoms with Crippen LogP contribution in [0.25, 0.3) is 10.9 Å². The number of hydrogen-bond donors (Lipinski definition) is 2. The van der Waals surface area contributed by atoms with E-state index in [2.05, 4.69) is 21.9 Å². The average molecular weight is 457 g/mol. The van der Waals surface area contributed by atoms with Gasteiger partial charge < -0.3 is 15.0 Å². The summed E-state index contributed by atoms with van der Waals surface area (Å²) in [6, 6.07) is 8.57. The molecule has 9 heteroatoms. The van der Waals surface area contributed by atoms with Gasteiger partial charge in [0.25, 0.3) is 0 Å². The Morgan fingerprint density at radius 3 is 2.78 bits per heavy atom. The van der Waals surface area contributed by atoms with E-state index in [-0.39, 0.29) is 17.0 Å². The molecule has 1 fully saturated rings. The Hall–Kier alpha value is -3.23. The van der Waals surface area contributed by atoms with E-state index in [9.17, 15) is 9.18 Å². The van der Waals surface area contributed by atoms with E-state index in [0.717, 1.165) is 35.1 Å². The molecule has 3 aromatic rings. The number of nitrogens with two attached hydrogens (primary N) is 1. The number of hydrogen-bond acceptors (Lipinski definition) is 5. The second kappa shape index (κ2) is 9.50. The molecule has 0 spiro atoms. The maximum Gasteiger partial charge on any atom is 0.245 e. The number of likely N-dealkylation sites (tertiary alicyclic amines) is 1. The van der Waals surface area contributed by atoms with E-state index in [1.54, 1.807) is 24.1 Å². The van der Waals surface area contributed by atoms with Crippen LogP contribution in [-0.4, -0.2) is 47.0 Å². The lowest BCUT2D eigenvalue weighted by Crippen LogP contribution is -2.71. The molecule has 1 aliphatic rings. The fraction of sp³-hybridized carbons (Fsp3) is 0.261. The Balaban J connectivity index is 1.60. The summed E-state index contributed by atoms with van der Waals surface area (Å²) in [7, 11) is 1.62. The molecular weight excluding hydrogens is 433 g/mol. The SMILES string of the molecule is C=CC(=O)N1CCC(Nc2cc3c([NH2+]c4ccc(F)c(Cl)c4)ncnc3cc2OC)CC1. The highest BCUT2D eigenvalue weighted by Gasteiger charge is 2.23. The Kier molecular flexibility index (Phi) is 6.53. The van der Waals surface area contributed by atoms with E-state index in [1.165, 1.54) is 18.5 Å². The van der Waals surface area contributed by atoms with Gasteiger partial charge in [0.2, 0.25) is 11.7 Å². The van der Waals surface area contributed by atoms with Crippen LogP contribution in [-0.2, 0) is 4.79 Å². The molecule has 1 saturated heterocycles. The maximum absolute atomic E-state index is 13.5. The highest BCUT2D eigenvalue weighted by molar-refractivity contribution is 6.30. The number of nitrogens with zero attached hydrogens (tertiary/aromatic N) is 3. The molecular formula is C23H24ClFN5O2+. The number of rotatable bonds is 6. The molecule has 1 amide bonds. The molecule has 0 bridgehead atoms. The Labute approximate surface area is 190 Å². The summed E-state index contributed by atoms with van der Waals surface area (Å²) in [4.78, 5) is 22.4. The van der Waals surface area contributed by atoms with E-state index in [1.807, 2.05) is 17.4 Å². The number of methoxy groups -OCH3 is 1. The Morgan fingerprint density at radius 1 is 1.31 bits per heavy atom. The fourth-order valence-corrected chi connectivity index (χ4v) is 4.04. The zero-order valence-electron chi connectivity index (χ0n) is 17.6. The first-order valence-corrected chi connectivity index (χ1v) is 10.7. The minimum atomic E-state index is -0.464. The van der Waals surface area contributed by atoms with Crippen LogP contribution >= 0.6 is 11.6 Å². The number of fused-ring (bicyclic) bond motifs is 1. The molecule has 1 aromatic heterocycles. The smallest absolute Gasteiger partial charge is 0.245 e. The van der Waals surface area contributed by atoms with Crippen molar-refractivity contribution < 1.29 is 19.2 Å². The number of piperidine rings is 1. The van der Waals surface area contributed by atoms with Gasteiger partial charge in [-0.15, -0.1) is 0 Å². The molecule has 3 N–H and O–H groups in total. The quantitative estimate of drug-likeness (QED) is 0.438. The Morgan fingerprint density at radius 2 is 2.09 bits per heavy atom. The topological polar surface area (TPSA) is 84.0 Å². The lowest BCUT2D eigenvalue weighted by Gasteiger charge is -2.32. The third-order valence-electron chi connectivity index (χ3n) is 5.58. The first-order chi connectivity index (χ1) is 15.5. The predicted molar refractivity (Wildman–Crippen MR) is 122 cm³/mol. The first-order valence-electron chi connectivity index (χ1n) is 10.3. The molecule has 2 aromatic carbocycles. The van der Waals surface area contributed by atoms with Gasteiger partial charge in [-0.1, -0.05) is 18.2 Å². The molecule has 4 rings (SSSR count). The minimum absolute atomic E-state index is 0.0371. The van der Waals surface area contributed by atoms with Crippen LogP contribution in [0.2, 0.25) is 5.02 Å². The standard InChI is InChI=1S/C23H23ClFN5O2/c1-3-22(31)30-8-6-14(7-9-30)28-20-11-16-19(12-21(20)32-2)26-13-27-23(16)29-15-4-5-18(25)17(24)10-15/h3-5,10-14,28H,1,6-9H2,2H3,(H,26,27,29)/p+1. The number of carbonyl (C=O) groups excluding carboxylic acids is 1. The number of amides is 1. The summed E-state index contributed by atoms with van der Waals surface area (Å²) < 4.78 is 19.1. The van der Waals surface area contributed by atoms with E-state index in [4.69, 9.17) is 16.3 Å². The largest absolute Gasteiger partial charge is 0.495 e. The van der Waals surface area contributed by atoms with Crippen LogP contribution in [0.3, 0.4) is 0 Å². The van der Waals surface area contributed by atoms with Crippen LogP contribution in [0.1, 0.15) is 12.8 Å². The van der Waals surface area contributed by atoms with Gasteiger partial charge in [-0.2, -0.15) is 4.98 Å². The summed E-state index contributed by atoms with van der Waals surface area (Å²) in [5.74, 6) is 0.865. The molecule has 32 heavy (non-hydrogen) atoms. The van der Waals surface area contributed by atoms with E-state index < -0.39 is 5.82 Å². The number of carbonyl (C=O) groups is 1. The maximum atomic E-state index is 13.5. The lowest BCUT2D eigenvalue weighted by atomic mass is 10.0. The van der Waals surface area contributed by atoms with Crippen LogP contribution in [0.15, 0.2) is 49.3 Å². The second-order valence-corrected chi connectivity index (χ2v) is 8.00. The summed E-state index contributed by atoms with van der Waals surface area (Å²) in [6.45, 7) is 4.90. The normalized spacial score (nSPS) is 14.4. The van der Waals surface area contributed by atoms with E-state index in [0.29, 0.717) is 24.7 Å². The zero-order valence-corrected chi connectivity index (χ0v) is 18.4. The van der Waals surface area contributed by atoms with E-state index >= 15 is 0 Å². The number of quaternary nitrogens is 1. The van der Waals surface area contributed by atoms with Crippen molar-refractivity contribution in [3.8, 4) is 5.75 Å². The number of ether oxygens (including phenoxy) is 1. The summed E-state index contributed by atoms with van der Waals surface area (Å²) in [6.07, 6.45) is 4.48. The van der Waals surface area contributed by atoms with Gasteiger partial charge in [-0.05, 0) is 31.1 Å². The molecule has 0 aliphatic carbocycles. The van der Waals surface area contributed by atoms with Crippen LogP contribution in [0, 0.1) is 5.82 Å². The van der Waals surface area contributed by atoms with Crippen molar-refractivity contribution in [3.63, 3.8) is 0 Å². The minimum Gasteiger partial charge on any atom is -0.495 e. The molecule has 166 valence electrons. The van der Waals surface area contributed by atoms with Gasteiger partial charge in [0.05, 0.1) is 28.7 Å². The van der Waals surface area contributed by atoms with Gasteiger partial charge in [-0.25, -0.2) is 9.37 Å². The first kappa shape index (κ1) is 22.0. The molecule has 0 atom stereocenters. The number of nitrogens with one attached hydrogen (secondary N) is 1. The van der Waals surface area contributed by atoms with Crippen molar-refractivity contribution in [1.29, 1.82) is 0 Å². The molecule has 0 saturated carbocycles. The lowest BCUT2D eigenvalue weighted by molar-refractivity contribution is -0.481. The van der Waals surface area contributed by atoms with Crippen molar-refractivity contribution in [2.75, 3.05) is 25.5 Å².